The van der Waals surface area contributed by atoms with Crippen molar-refractivity contribution in [3.05, 3.63) is 255 Å². The average molecular weight is 855 g/mol. The molecule has 12 rings (SSSR count). The Labute approximate surface area is 389 Å². The second-order valence-electron chi connectivity index (χ2n) is 16.9. The van der Waals surface area contributed by atoms with Crippen molar-refractivity contribution in [2.45, 2.75) is 0 Å². The number of nitrogens with zero attached hydrogens (tertiary/aromatic N) is 4. The zero-order chi connectivity index (χ0) is 44.5. The van der Waals surface area contributed by atoms with Gasteiger partial charge in [-0.3, -0.25) is 0 Å². The molecule has 0 saturated heterocycles. The SMILES string of the molecule is c1ccc(-c2cccc(-c3cccc(-c4nc(-c5ccc(-c6cccc(-n7c8ccccc8c8ccccc87)c6)cc5)nc(-c5cccc(-c6cccc(-c7ccccc7)c6)c5)n4)c3)c2)cc1. The third kappa shape index (κ3) is 7.77. The summed E-state index contributed by atoms with van der Waals surface area (Å²) in [5.41, 5.74) is 17.6. The van der Waals surface area contributed by atoms with Crippen molar-refractivity contribution < 1.29 is 0 Å². The van der Waals surface area contributed by atoms with Gasteiger partial charge in [-0.2, -0.15) is 0 Å². The van der Waals surface area contributed by atoms with Crippen molar-refractivity contribution in [3.63, 3.8) is 0 Å². The normalized spacial score (nSPS) is 11.3. The van der Waals surface area contributed by atoms with Crippen molar-refractivity contribution in [1.82, 2.24) is 19.5 Å². The lowest BCUT2D eigenvalue weighted by molar-refractivity contribution is 1.07. The van der Waals surface area contributed by atoms with Crippen LogP contribution in [0.15, 0.2) is 255 Å². The van der Waals surface area contributed by atoms with Crippen LogP contribution >= 0.6 is 0 Å². The van der Waals surface area contributed by atoms with Crippen LogP contribution in [0.3, 0.4) is 0 Å². The van der Waals surface area contributed by atoms with Gasteiger partial charge in [0, 0.05) is 33.2 Å². The molecule has 0 N–H and O–H groups in total. The molecule has 4 nitrogen and oxygen atoms in total. The van der Waals surface area contributed by atoms with Crippen molar-refractivity contribution in [3.8, 4) is 95.5 Å². The topological polar surface area (TPSA) is 43.6 Å². The van der Waals surface area contributed by atoms with E-state index in [1.165, 1.54) is 44.1 Å². The Hall–Kier alpha value is -8.99. The van der Waals surface area contributed by atoms with Gasteiger partial charge in [0.25, 0.3) is 0 Å². The first-order valence-electron chi connectivity index (χ1n) is 22.7. The molecule has 67 heavy (non-hydrogen) atoms. The Kier molecular flexibility index (Phi) is 10.2. The van der Waals surface area contributed by atoms with Gasteiger partial charge < -0.3 is 4.57 Å². The molecule has 2 heterocycles. The molecule has 4 heteroatoms. The predicted molar refractivity (Wildman–Crippen MR) is 278 cm³/mol. The highest BCUT2D eigenvalue weighted by molar-refractivity contribution is 6.09. The Morgan fingerprint density at radius 2 is 0.507 bits per heavy atom. The van der Waals surface area contributed by atoms with Crippen LogP contribution in [0.25, 0.3) is 117 Å². The van der Waals surface area contributed by atoms with E-state index in [0.29, 0.717) is 17.5 Å². The monoisotopic (exact) mass is 854 g/mol. The summed E-state index contributed by atoms with van der Waals surface area (Å²) in [5, 5.41) is 2.49. The van der Waals surface area contributed by atoms with Crippen LogP contribution < -0.4 is 0 Å². The molecular weight excluding hydrogens is 813 g/mol. The highest BCUT2D eigenvalue weighted by Crippen LogP contribution is 2.36. The first-order chi connectivity index (χ1) is 33.2. The Bertz CT molecular complexity index is 3540. The maximum atomic E-state index is 5.22. The molecule has 0 aliphatic rings. The fourth-order valence-corrected chi connectivity index (χ4v) is 9.29. The summed E-state index contributed by atoms with van der Waals surface area (Å²) >= 11 is 0. The quantitative estimate of drug-likeness (QED) is 0.145. The van der Waals surface area contributed by atoms with Gasteiger partial charge >= 0.3 is 0 Å². The molecule has 10 aromatic carbocycles. The minimum absolute atomic E-state index is 0.610. The van der Waals surface area contributed by atoms with Gasteiger partial charge in [0.05, 0.1) is 11.0 Å². The second-order valence-corrected chi connectivity index (χ2v) is 16.9. The molecule has 0 atom stereocenters. The zero-order valence-corrected chi connectivity index (χ0v) is 36.5. The molecule has 12 aromatic rings. The van der Waals surface area contributed by atoms with Crippen LogP contribution in [0, 0.1) is 0 Å². The third-order valence-electron chi connectivity index (χ3n) is 12.6. The molecule has 0 aliphatic heterocycles. The molecule has 0 saturated carbocycles. The maximum absolute atomic E-state index is 5.22. The van der Waals surface area contributed by atoms with E-state index in [2.05, 4.69) is 259 Å². The number of aromatic nitrogens is 4. The summed E-state index contributed by atoms with van der Waals surface area (Å²) in [7, 11) is 0. The van der Waals surface area contributed by atoms with Gasteiger partial charge in [-0.05, 0) is 104 Å². The average Bonchev–Trinajstić information content (AvgIpc) is 3.76. The minimum atomic E-state index is 0.610. The van der Waals surface area contributed by atoms with Crippen molar-refractivity contribution in [2.24, 2.45) is 0 Å². The lowest BCUT2D eigenvalue weighted by Gasteiger charge is -2.12. The molecule has 0 spiro atoms. The van der Waals surface area contributed by atoms with Crippen LogP contribution in [0.4, 0.5) is 0 Å². The molecule has 0 aliphatic carbocycles. The predicted octanol–water partition coefficient (Wildman–Crippen LogP) is 16.3. The highest BCUT2D eigenvalue weighted by atomic mass is 15.0. The standard InChI is InChI=1S/C63H42N4/c1-3-16-43(17-4-1)47-20-11-22-49(38-47)51-24-13-27-54(40-51)62-64-61(65-63(66-62)55-28-14-25-52(41-55)50-23-12-21-48(39-50)44-18-5-2-6-19-44)46-36-34-45(35-37-46)53-26-15-29-56(42-53)67-59-32-9-7-30-57(59)58-31-8-10-33-60(58)67/h1-42H. The summed E-state index contributed by atoms with van der Waals surface area (Å²) < 4.78 is 2.36. The summed E-state index contributed by atoms with van der Waals surface area (Å²) in [6.07, 6.45) is 0. The second kappa shape index (κ2) is 17.2. The minimum Gasteiger partial charge on any atom is -0.309 e. The number of benzene rings is 10. The zero-order valence-electron chi connectivity index (χ0n) is 36.5. The Balaban J connectivity index is 0.937. The smallest absolute Gasteiger partial charge is 0.164 e. The first-order valence-corrected chi connectivity index (χ1v) is 22.7. The van der Waals surface area contributed by atoms with E-state index in [0.717, 1.165) is 55.8 Å². The van der Waals surface area contributed by atoms with E-state index in [1.54, 1.807) is 0 Å². The molecule has 0 bridgehead atoms. The molecule has 2 aromatic heterocycles. The summed E-state index contributed by atoms with van der Waals surface area (Å²) in [6, 6.07) is 90.1. The van der Waals surface area contributed by atoms with Crippen molar-refractivity contribution in [1.29, 1.82) is 0 Å². The van der Waals surface area contributed by atoms with E-state index < -0.39 is 0 Å². The van der Waals surface area contributed by atoms with E-state index >= 15 is 0 Å². The van der Waals surface area contributed by atoms with Crippen molar-refractivity contribution in [2.75, 3.05) is 0 Å². The highest BCUT2D eigenvalue weighted by Gasteiger charge is 2.16. The Morgan fingerprint density at radius 3 is 0.970 bits per heavy atom. The van der Waals surface area contributed by atoms with E-state index in [-0.39, 0.29) is 0 Å². The summed E-state index contributed by atoms with van der Waals surface area (Å²) in [5.74, 6) is 1.83. The molecule has 0 unspecified atom stereocenters. The van der Waals surface area contributed by atoms with Crippen LogP contribution in [0.2, 0.25) is 0 Å². The first kappa shape index (κ1) is 39.6. The molecule has 314 valence electrons. The van der Waals surface area contributed by atoms with Crippen LogP contribution in [0.1, 0.15) is 0 Å². The lowest BCUT2D eigenvalue weighted by atomic mass is 9.97. The number of para-hydroxylation sites is 2. The lowest BCUT2D eigenvalue weighted by Crippen LogP contribution is -2.00. The number of rotatable bonds is 9. The van der Waals surface area contributed by atoms with Crippen LogP contribution in [-0.2, 0) is 0 Å². The maximum Gasteiger partial charge on any atom is 0.164 e. The van der Waals surface area contributed by atoms with Crippen molar-refractivity contribution >= 4 is 21.8 Å². The van der Waals surface area contributed by atoms with E-state index in [4.69, 9.17) is 15.0 Å². The summed E-state index contributed by atoms with van der Waals surface area (Å²) in [4.78, 5) is 15.6. The molecule has 0 amide bonds. The Morgan fingerprint density at radius 1 is 0.209 bits per heavy atom. The molecule has 0 radical (unpaired) electrons. The van der Waals surface area contributed by atoms with Gasteiger partial charge in [0.1, 0.15) is 0 Å². The largest absolute Gasteiger partial charge is 0.309 e. The van der Waals surface area contributed by atoms with Gasteiger partial charge in [0.2, 0.25) is 0 Å². The van der Waals surface area contributed by atoms with Gasteiger partial charge in [-0.15, -0.1) is 0 Å². The number of hydrogen-bond donors (Lipinski definition) is 0. The van der Waals surface area contributed by atoms with Gasteiger partial charge in [-0.25, -0.2) is 15.0 Å². The summed E-state index contributed by atoms with van der Waals surface area (Å²) in [6.45, 7) is 0. The third-order valence-corrected chi connectivity index (χ3v) is 12.6. The van der Waals surface area contributed by atoms with E-state index in [9.17, 15) is 0 Å². The number of hydrogen-bond acceptors (Lipinski definition) is 3. The van der Waals surface area contributed by atoms with Crippen LogP contribution in [0.5, 0.6) is 0 Å². The fourth-order valence-electron chi connectivity index (χ4n) is 9.29. The van der Waals surface area contributed by atoms with Gasteiger partial charge in [-0.1, -0.05) is 206 Å². The van der Waals surface area contributed by atoms with Crippen LogP contribution in [-0.4, -0.2) is 19.5 Å². The van der Waals surface area contributed by atoms with Gasteiger partial charge in [0.15, 0.2) is 17.5 Å². The van der Waals surface area contributed by atoms with E-state index in [1.807, 2.05) is 0 Å². The molecular formula is C63H42N4. The molecule has 0 fully saturated rings. The number of fused-ring (bicyclic) bond motifs is 3. The fraction of sp³-hybridized carbons (Fsp3) is 0.